The highest BCUT2D eigenvalue weighted by Crippen LogP contribution is 1.98. The number of aliphatic carboxylic acids is 3. The van der Waals surface area contributed by atoms with Gasteiger partial charge in [0.05, 0.1) is 0 Å². The topological polar surface area (TPSA) is 112 Å². The van der Waals surface area contributed by atoms with Gasteiger partial charge in [-0.3, -0.25) is 9.59 Å². The predicted molar refractivity (Wildman–Crippen MR) is 60.8 cm³/mol. The largest absolute Gasteiger partial charge is 0.481 e. The lowest BCUT2D eigenvalue weighted by Gasteiger charge is -1.92. The monoisotopic (exact) mass is 246 g/mol. The molecule has 0 amide bonds. The van der Waals surface area contributed by atoms with Gasteiger partial charge in [-0.25, -0.2) is 4.79 Å². The van der Waals surface area contributed by atoms with Crippen molar-refractivity contribution in [3.63, 3.8) is 0 Å². The third-order valence-electron chi connectivity index (χ3n) is 1.80. The first kappa shape index (κ1) is 17.5. The van der Waals surface area contributed by atoms with Crippen LogP contribution in [0.25, 0.3) is 0 Å². The Balaban J connectivity index is 0. The fourth-order valence-electron chi connectivity index (χ4n) is 0.676. The molecule has 0 saturated carbocycles. The second kappa shape index (κ2) is 10.7. The number of carboxylic acid groups (broad SMARTS) is 3. The zero-order valence-corrected chi connectivity index (χ0v) is 9.97. The summed E-state index contributed by atoms with van der Waals surface area (Å²) in [4.78, 5) is 29.7. The highest BCUT2D eigenvalue weighted by molar-refractivity contribution is 5.85. The third kappa shape index (κ3) is 16.8. The van der Waals surface area contributed by atoms with Gasteiger partial charge in [-0.05, 0) is 26.7 Å². The van der Waals surface area contributed by atoms with Crippen molar-refractivity contribution in [2.45, 2.75) is 39.5 Å². The van der Waals surface area contributed by atoms with Crippen molar-refractivity contribution in [3.8, 4) is 0 Å². The Hall–Kier alpha value is -1.85. The summed E-state index contributed by atoms with van der Waals surface area (Å²) in [5.41, 5.74) is 0.389. The molecule has 17 heavy (non-hydrogen) atoms. The van der Waals surface area contributed by atoms with Crippen molar-refractivity contribution in [1.82, 2.24) is 0 Å². The smallest absolute Gasteiger partial charge is 0.330 e. The fraction of sp³-hybridized carbons (Fsp3) is 0.545. The molecular formula is C11H18O6. The van der Waals surface area contributed by atoms with Crippen LogP contribution in [0.2, 0.25) is 0 Å². The van der Waals surface area contributed by atoms with E-state index in [-0.39, 0.29) is 12.8 Å². The van der Waals surface area contributed by atoms with Crippen LogP contribution >= 0.6 is 0 Å². The Morgan fingerprint density at radius 1 is 0.941 bits per heavy atom. The van der Waals surface area contributed by atoms with Crippen molar-refractivity contribution in [2.75, 3.05) is 0 Å². The highest BCUT2D eigenvalue weighted by atomic mass is 16.4. The molecule has 0 heterocycles. The van der Waals surface area contributed by atoms with Crippen LogP contribution < -0.4 is 0 Å². The molecule has 0 radical (unpaired) electrons. The van der Waals surface area contributed by atoms with Crippen molar-refractivity contribution < 1.29 is 29.7 Å². The standard InChI is InChI=1S/C6H10O4.C5H8O2/c7-5(8)3-1-2-4-6(9)10;1-3-4(2)5(6)7/h1-4H2,(H,7,8)(H,9,10);3H,1-2H3,(H,6,7). The van der Waals surface area contributed by atoms with Gasteiger partial charge in [-0.2, -0.15) is 0 Å². The summed E-state index contributed by atoms with van der Waals surface area (Å²) in [7, 11) is 0. The Morgan fingerprint density at radius 3 is 1.41 bits per heavy atom. The molecule has 98 valence electrons. The van der Waals surface area contributed by atoms with Gasteiger partial charge >= 0.3 is 17.9 Å². The van der Waals surface area contributed by atoms with Crippen molar-refractivity contribution >= 4 is 17.9 Å². The minimum absolute atomic E-state index is 0.0628. The van der Waals surface area contributed by atoms with E-state index in [1.54, 1.807) is 19.9 Å². The summed E-state index contributed by atoms with van der Waals surface area (Å²) >= 11 is 0. The zero-order chi connectivity index (χ0) is 13.8. The van der Waals surface area contributed by atoms with E-state index < -0.39 is 17.9 Å². The number of rotatable bonds is 6. The summed E-state index contributed by atoms with van der Waals surface area (Å²) in [6.45, 7) is 3.26. The van der Waals surface area contributed by atoms with E-state index in [2.05, 4.69) is 0 Å². The molecule has 0 aliphatic carbocycles. The molecule has 0 bridgehead atoms. The number of unbranched alkanes of at least 4 members (excludes halogenated alkanes) is 1. The van der Waals surface area contributed by atoms with E-state index in [9.17, 15) is 14.4 Å². The molecule has 0 saturated heterocycles. The predicted octanol–water partition coefficient (Wildman–Crippen LogP) is 1.75. The van der Waals surface area contributed by atoms with E-state index in [4.69, 9.17) is 15.3 Å². The molecule has 0 aromatic carbocycles. The Bertz CT molecular complexity index is 276. The van der Waals surface area contributed by atoms with Crippen molar-refractivity contribution in [2.24, 2.45) is 0 Å². The van der Waals surface area contributed by atoms with Crippen molar-refractivity contribution in [1.29, 1.82) is 0 Å². The van der Waals surface area contributed by atoms with Gasteiger partial charge in [0, 0.05) is 18.4 Å². The van der Waals surface area contributed by atoms with Crippen LogP contribution in [0.15, 0.2) is 11.6 Å². The van der Waals surface area contributed by atoms with Crippen LogP contribution in [0.5, 0.6) is 0 Å². The Kier molecular flexibility index (Phi) is 11.0. The van der Waals surface area contributed by atoms with E-state index in [0.717, 1.165) is 0 Å². The lowest BCUT2D eigenvalue weighted by Crippen LogP contribution is -1.97. The maximum absolute atomic E-state index is 9.90. The summed E-state index contributed by atoms with van der Waals surface area (Å²) in [6, 6.07) is 0. The van der Waals surface area contributed by atoms with Gasteiger partial charge < -0.3 is 15.3 Å². The summed E-state index contributed by atoms with van der Waals surface area (Å²) in [5.74, 6) is -2.58. The summed E-state index contributed by atoms with van der Waals surface area (Å²) in [6.07, 6.45) is 2.58. The van der Waals surface area contributed by atoms with Crippen LogP contribution in [0, 0.1) is 0 Å². The van der Waals surface area contributed by atoms with E-state index >= 15 is 0 Å². The van der Waals surface area contributed by atoms with Crippen LogP contribution in [0.3, 0.4) is 0 Å². The number of carbonyl (C=O) groups is 3. The van der Waals surface area contributed by atoms with Crippen LogP contribution in [-0.4, -0.2) is 33.2 Å². The molecule has 0 rings (SSSR count). The number of carboxylic acids is 3. The van der Waals surface area contributed by atoms with Gasteiger partial charge in [-0.1, -0.05) is 6.08 Å². The minimum Gasteiger partial charge on any atom is -0.481 e. The number of hydrogen-bond donors (Lipinski definition) is 3. The van der Waals surface area contributed by atoms with Crippen LogP contribution in [0.4, 0.5) is 0 Å². The van der Waals surface area contributed by atoms with Gasteiger partial charge in [0.15, 0.2) is 0 Å². The van der Waals surface area contributed by atoms with Crippen LogP contribution in [-0.2, 0) is 14.4 Å². The molecule has 0 aliphatic rings. The van der Waals surface area contributed by atoms with Crippen molar-refractivity contribution in [3.05, 3.63) is 11.6 Å². The normalized spacial score (nSPS) is 10.1. The number of allylic oxidation sites excluding steroid dienone is 1. The number of hydrogen-bond acceptors (Lipinski definition) is 3. The quantitative estimate of drug-likeness (QED) is 0.486. The maximum Gasteiger partial charge on any atom is 0.330 e. The summed E-state index contributed by atoms with van der Waals surface area (Å²) in [5, 5.41) is 24.4. The molecular weight excluding hydrogens is 228 g/mol. The highest BCUT2D eigenvalue weighted by Gasteiger charge is 1.99. The average molecular weight is 246 g/mol. The molecule has 0 aliphatic heterocycles. The first-order chi connectivity index (χ1) is 7.81. The van der Waals surface area contributed by atoms with Gasteiger partial charge in [0.2, 0.25) is 0 Å². The van der Waals surface area contributed by atoms with E-state index in [0.29, 0.717) is 18.4 Å². The second-order valence-electron chi connectivity index (χ2n) is 3.27. The lowest BCUT2D eigenvalue weighted by molar-refractivity contribution is -0.139. The molecule has 6 heteroatoms. The Morgan fingerprint density at radius 2 is 1.29 bits per heavy atom. The first-order valence-corrected chi connectivity index (χ1v) is 5.11. The minimum atomic E-state index is -0.870. The molecule has 0 spiro atoms. The molecule has 0 aromatic rings. The third-order valence-corrected chi connectivity index (χ3v) is 1.80. The van der Waals surface area contributed by atoms with Crippen LogP contribution in [0.1, 0.15) is 39.5 Å². The second-order valence-corrected chi connectivity index (χ2v) is 3.27. The summed E-state index contributed by atoms with van der Waals surface area (Å²) < 4.78 is 0. The van der Waals surface area contributed by atoms with Gasteiger partial charge in [0.1, 0.15) is 0 Å². The van der Waals surface area contributed by atoms with Gasteiger partial charge in [-0.15, -0.1) is 0 Å². The zero-order valence-electron chi connectivity index (χ0n) is 9.97. The molecule has 0 aromatic heterocycles. The fourth-order valence-corrected chi connectivity index (χ4v) is 0.676. The lowest BCUT2D eigenvalue weighted by atomic mass is 10.2. The molecule has 0 unspecified atom stereocenters. The van der Waals surface area contributed by atoms with Gasteiger partial charge in [0.25, 0.3) is 0 Å². The molecule has 6 nitrogen and oxygen atoms in total. The first-order valence-electron chi connectivity index (χ1n) is 5.11. The SMILES string of the molecule is CC=C(C)C(=O)O.O=C(O)CCCCC(=O)O. The van der Waals surface area contributed by atoms with E-state index in [1.807, 2.05) is 0 Å². The van der Waals surface area contributed by atoms with E-state index in [1.165, 1.54) is 0 Å². The molecule has 3 N–H and O–H groups in total. The Labute approximate surface area is 99.6 Å². The molecule has 0 fully saturated rings. The average Bonchev–Trinajstić information content (AvgIpc) is 2.23. The maximum atomic E-state index is 9.90. The molecule has 0 atom stereocenters.